The van der Waals surface area contributed by atoms with E-state index in [2.05, 4.69) is 20.8 Å². The summed E-state index contributed by atoms with van der Waals surface area (Å²) < 4.78 is 13.2. The average Bonchev–Trinajstić information content (AvgIpc) is 1.94. The molecule has 72 valence electrons. The number of benzene rings is 1. The SMILES string of the molecule is CC(C)(C)Cc1cc(N)ccc1F. The zero-order valence-corrected chi connectivity index (χ0v) is 8.39. The first-order valence-electron chi connectivity index (χ1n) is 4.42. The van der Waals surface area contributed by atoms with Gasteiger partial charge in [-0.15, -0.1) is 0 Å². The van der Waals surface area contributed by atoms with E-state index in [-0.39, 0.29) is 11.2 Å². The van der Waals surface area contributed by atoms with Gasteiger partial charge in [0.15, 0.2) is 0 Å². The first-order chi connectivity index (χ1) is 5.88. The van der Waals surface area contributed by atoms with Gasteiger partial charge in [0.2, 0.25) is 0 Å². The highest BCUT2D eigenvalue weighted by Gasteiger charge is 2.14. The second-order valence-electron chi connectivity index (χ2n) is 4.59. The number of hydrogen-bond donors (Lipinski definition) is 1. The van der Waals surface area contributed by atoms with Crippen molar-refractivity contribution in [2.45, 2.75) is 27.2 Å². The lowest BCUT2D eigenvalue weighted by Gasteiger charge is -2.18. The predicted octanol–water partition coefficient (Wildman–Crippen LogP) is 3.00. The maximum atomic E-state index is 13.2. The van der Waals surface area contributed by atoms with E-state index in [1.807, 2.05) is 0 Å². The van der Waals surface area contributed by atoms with Gasteiger partial charge in [0, 0.05) is 5.69 Å². The van der Waals surface area contributed by atoms with Crippen molar-refractivity contribution < 1.29 is 4.39 Å². The second-order valence-corrected chi connectivity index (χ2v) is 4.59. The molecule has 0 amide bonds. The molecule has 0 radical (unpaired) electrons. The molecule has 1 aromatic carbocycles. The molecule has 0 unspecified atom stereocenters. The van der Waals surface area contributed by atoms with E-state index in [4.69, 9.17) is 5.73 Å². The smallest absolute Gasteiger partial charge is 0.126 e. The number of hydrogen-bond acceptors (Lipinski definition) is 1. The molecular formula is C11H16FN. The largest absolute Gasteiger partial charge is 0.399 e. The van der Waals surface area contributed by atoms with Gasteiger partial charge in [0.1, 0.15) is 5.82 Å². The van der Waals surface area contributed by atoms with Crippen molar-refractivity contribution in [1.82, 2.24) is 0 Å². The minimum absolute atomic E-state index is 0.0919. The van der Waals surface area contributed by atoms with Crippen LogP contribution >= 0.6 is 0 Å². The van der Waals surface area contributed by atoms with Gasteiger partial charge in [-0.25, -0.2) is 4.39 Å². The highest BCUT2D eigenvalue weighted by atomic mass is 19.1. The molecule has 13 heavy (non-hydrogen) atoms. The molecular weight excluding hydrogens is 165 g/mol. The summed E-state index contributed by atoms with van der Waals surface area (Å²) in [6, 6.07) is 4.72. The summed E-state index contributed by atoms with van der Waals surface area (Å²) >= 11 is 0. The fourth-order valence-corrected chi connectivity index (χ4v) is 1.30. The molecule has 0 aromatic heterocycles. The number of halogens is 1. The van der Waals surface area contributed by atoms with Crippen LogP contribution in [0.4, 0.5) is 10.1 Å². The Hall–Kier alpha value is -1.05. The summed E-state index contributed by atoms with van der Waals surface area (Å²) in [7, 11) is 0. The minimum Gasteiger partial charge on any atom is -0.399 e. The lowest BCUT2D eigenvalue weighted by atomic mass is 9.88. The van der Waals surface area contributed by atoms with Gasteiger partial charge >= 0.3 is 0 Å². The van der Waals surface area contributed by atoms with Crippen LogP contribution in [0.15, 0.2) is 18.2 Å². The van der Waals surface area contributed by atoms with E-state index in [9.17, 15) is 4.39 Å². The van der Waals surface area contributed by atoms with Gasteiger partial charge in [-0.05, 0) is 35.6 Å². The molecule has 0 spiro atoms. The zero-order valence-electron chi connectivity index (χ0n) is 8.39. The van der Waals surface area contributed by atoms with Crippen LogP contribution in [0.5, 0.6) is 0 Å². The van der Waals surface area contributed by atoms with Crippen molar-refractivity contribution in [3.63, 3.8) is 0 Å². The van der Waals surface area contributed by atoms with Crippen LogP contribution < -0.4 is 5.73 Å². The third kappa shape index (κ3) is 3.05. The van der Waals surface area contributed by atoms with Crippen molar-refractivity contribution in [3.8, 4) is 0 Å². The maximum Gasteiger partial charge on any atom is 0.126 e. The van der Waals surface area contributed by atoms with E-state index < -0.39 is 0 Å². The number of rotatable bonds is 1. The van der Waals surface area contributed by atoms with Crippen LogP contribution in [0.25, 0.3) is 0 Å². The normalized spacial score (nSPS) is 11.7. The Morgan fingerprint density at radius 3 is 2.46 bits per heavy atom. The fraction of sp³-hybridized carbons (Fsp3) is 0.455. The molecule has 0 aliphatic heterocycles. The molecule has 1 aromatic rings. The van der Waals surface area contributed by atoms with Gasteiger partial charge < -0.3 is 5.73 Å². The Morgan fingerprint density at radius 2 is 1.92 bits per heavy atom. The van der Waals surface area contributed by atoms with E-state index in [1.165, 1.54) is 6.07 Å². The topological polar surface area (TPSA) is 26.0 Å². The van der Waals surface area contributed by atoms with Crippen molar-refractivity contribution in [2.75, 3.05) is 5.73 Å². The summed E-state index contributed by atoms with van der Waals surface area (Å²) in [6.07, 6.45) is 0.712. The van der Waals surface area contributed by atoms with Crippen LogP contribution in [0.3, 0.4) is 0 Å². The van der Waals surface area contributed by atoms with E-state index in [1.54, 1.807) is 12.1 Å². The molecule has 1 rings (SSSR count). The standard InChI is InChI=1S/C11H16FN/c1-11(2,3)7-8-6-9(13)4-5-10(8)12/h4-6H,7,13H2,1-3H3. The Bertz CT molecular complexity index is 299. The molecule has 2 N–H and O–H groups in total. The minimum atomic E-state index is -0.163. The first-order valence-corrected chi connectivity index (χ1v) is 4.42. The van der Waals surface area contributed by atoms with Crippen LogP contribution in [-0.2, 0) is 6.42 Å². The van der Waals surface area contributed by atoms with Crippen LogP contribution in [0, 0.1) is 11.2 Å². The molecule has 0 saturated carbocycles. The van der Waals surface area contributed by atoms with Gasteiger partial charge in [-0.3, -0.25) is 0 Å². The van der Waals surface area contributed by atoms with Crippen molar-refractivity contribution in [3.05, 3.63) is 29.6 Å². The molecule has 0 bridgehead atoms. The summed E-state index contributed by atoms with van der Waals surface area (Å²) in [4.78, 5) is 0. The Morgan fingerprint density at radius 1 is 1.31 bits per heavy atom. The maximum absolute atomic E-state index is 13.2. The van der Waals surface area contributed by atoms with Crippen LogP contribution in [0.1, 0.15) is 26.3 Å². The summed E-state index contributed by atoms with van der Waals surface area (Å²) in [5.74, 6) is -0.163. The van der Waals surface area contributed by atoms with Crippen molar-refractivity contribution >= 4 is 5.69 Å². The van der Waals surface area contributed by atoms with Crippen LogP contribution in [-0.4, -0.2) is 0 Å². The van der Waals surface area contributed by atoms with Gasteiger partial charge in [-0.1, -0.05) is 20.8 Å². The monoisotopic (exact) mass is 181 g/mol. The van der Waals surface area contributed by atoms with E-state index >= 15 is 0 Å². The highest BCUT2D eigenvalue weighted by molar-refractivity contribution is 5.41. The molecule has 0 saturated heterocycles. The zero-order chi connectivity index (χ0) is 10.1. The fourth-order valence-electron chi connectivity index (χ4n) is 1.30. The molecule has 0 fully saturated rings. The summed E-state index contributed by atoms with van der Waals surface area (Å²) in [5, 5.41) is 0. The Labute approximate surface area is 78.8 Å². The molecule has 0 aliphatic carbocycles. The first kappa shape index (κ1) is 10.0. The summed E-state index contributed by atoms with van der Waals surface area (Å²) in [6.45, 7) is 6.24. The quantitative estimate of drug-likeness (QED) is 0.662. The Kier molecular flexibility index (Phi) is 2.60. The van der Waals surface area contributed by atoms with E-state index in [0.717, 1.165) is 0 Å². The van der Waals surface area contributed by atoms with Crippen molar-refractivity contribution in [1.29, 1.82) is 0 Å². The molecule has 0 aliphatic rings. The average molecular weight is 181 g/mol. The number of anilines is 1. The van der Waals surface area contributed by atoms with Crippen molar-refractivity contribution in [2.24, 2.45) is 5.41 Å². The predicted molar refractivity (Wildman–Crippen MR) is 54.0 cm³/mol. The summed E-state index contributed by atoms with van der Waals surface area (Å²) in [5.41, 5.74) is 7.00. The lowest BCUT2D eigenvalue weighted by Crippen LogP contribution is -2.10. The third-order valence-corrected chi connectivity index (χ3v) is 1.79. The lowest BCUT2D eigenvalue weighted by molar-refractivity contribution is 0.402. The molecule has 0 heterocycles. The number of nitrogen functional groups attached to an aromatic ring is 1. The number of nitrogens with two attached hydrogens (primary N) is 1. The van der Waals surface area contributed by atoms with Crippen LogP contribution in [0.2, 0.25) is 0 Å². The third-order valence-electron chi connectivity index (χ3n) is 1.79. The Balaban J connectivity index is 2.94. The van der Waals surface area contributed by atoms with Gasteiger partial charge in [0.25, 0.3) is 0 Å². The molecule has 1 nitrogen and oxygen atoms in total. The molecule has 2 heteroatoms. The second kappa shape index (κ2) is 3.36. The highest BCUT2D eigenvalue weighted by Crippen LogP contribution is 2.23. The van der Waals surface area contributed by atoms with Gasteiger partial charge in [-0.2, -0.15) is 0 Å². The van der Waals surface area contributed by atoms with E-state index in [0.29, 0.717) is 17.7 Å². The molecule has 0 atom stereocenters. The van der Waals surface area contributed by atoms with Gasteiger partial charge in [0.05, 0.1) is 0 Å².